The van der Waals surface area contributed by atoms with Crippen LogP contribution in [-0.4, -0.2) is 10.8 Å². The van der Waals surface area contributed by atoms with Crippen LogP contribution in [0.5, 0.6) is 0 Å². The largest absolute Gasteiger partial charge is 0.397 e. The minimum Gasteiger partial charge on any atom is -0.397 e. The number of ketones is 1. The van der Waals surface area contributed by atoms with Gasteiger partial charge in [0.1, 0.15) is 5.69 Å². The van der Waals surface area contributed by atoms with Gasteiger partial charge in [-0.2, -0.15) is 0 Å². The van der Waals surface area contributed by atoms with Gasteiger partial charge in [0.2, 0.25) is 0 Å². The molecule has 1 heterocycles. The van der Waals surface area contributed by atoms with Crippen LogP contribution < -0.4 is 5.73 Å². The first-order chi connectivity index (χ1) is 8.22. The first-order valence-corrected chi connectivity index (χ1v) is 6.47. The quantitative estimate of drug-likeness (QED) is 0.815. The van der Waals surface area contributed by atoms with Crippen LogP contribution in [0.25, 0.3) is 0 Å². The number of hydrogen-bond donors (Lipinski definition) is 1. The molecule has 1 aromatic heterocycles. The fraction of sp³-hybridized carbons (Fsp3) is 0.571. The molecule has 0 spiro atoms. The van der Waals surface area contributed by atoms with E-state index in [0.29, 0.717) is 11.4 Å². The Kier molecular flexibility index (Phi) is 3.77. The van der Waals surface area contributed by atoms with Gasteiger partial charge < -0.3 is 5.73 Å². The number of carbonyl (C=O) groups is 1. The van der Waals surface area contributed by atoms with Gasteiger partial charge in [-0.05, 0) is 43.7 Å². The highest BCUT2D eigenvalue weighted by Gasteiger charge is 2.27. The molecule has 1 aliphatic carbocycles. The normalized spacial score (nSPS) is 24.5. The van der Waals surface area contributed by atoms with Crippen molar-refractivity contribution in [1.29, 1.82) is 0 Å². The van der Waals surface area contributed by atoms with Gasteiger partial charge >= 0.3 is 0 Å². The van der Waals surface area contributed by atoms with Gasteiger partial charge in [0.05, 0.1) is 5.69 Å². The summed E-state index contributed by atoms with van der Waals surface area (Å²) in [6, 6.07) is 3.51. The minimum atomic E-state index is 0.134. The second-order valence-corrected chi connectivity index (χ2v) is 4.93. The lowest BCUT2D eigenvalue weighted by Crippen LogP contribution is -2.23. The molecule has 0 aliphatic heterocycles. The van der Waals surface area contributed by atoms with Gasteiger partial charge in [-0.25, -0.2) is 0 Å². The van der Waals surface area contributed by atoms with Crippen LogP contribution in [0.15, 0.2) is 18.3 Å². The predicted molar refractivity (Wildman–Crippen MR) is 68.7 cm³/mol. The molecular weight excluding hydrogens is 212 g/mol. The molecule has 1 fully saturated rings. The number of nitrogens with zero attached hydrogens (tertiary/aromatic N) is 1. The van der Waals surface area contributed by atoms with Crippen molar-refractivity contribution in [3.05, 3.63) is 24.0 Å². The number of nitrogen functional groups attached to an aromatic ring is 1. The summed E-state index contributed by atoms with van der Waals surface area (Å²) in [6.07, 6.45) is 7.19. The number of anilines is 1. The summed E-state index contributed by atoms with van der Waals surface area (Å²) in [5.74, 6) is 1.08. The van der Waals surface area contributed by atoms with E-state index in [1.54, 1.807) is 18.3 Å². The predicted octanol–water partition coefficient (Wildman–Crippen LogP) is 3.06. The Morgan fingerprint density at radius 1 is 1.41 bits per heavy atom. The highest BCUT2D eigenvalue weighted by molar-refractivity contribution is 6.00. The van der Waals surface area contributed by atoms with Crippen LogP contribution in [-0.2, 0) is 0 Å². The van der Waals surface area contributed by atoms with Crippen molar-refractivity contribution in [1.82, 2.24) is 4.98 Å². The molecular formula is C14H20N2O. The van der Waals surface area contributed by atoms with E-state index in [1.807, 2.05) is 0 Å². The van der Waals surface area contributed by atoms with E-state index in [2.05, 4.69) is 11.9 Å². The van der Waals surface area contributed by atoms with Gasteiger partial charge in [-0.3, -0.25) is 9.78 Å². The molecule has 1 aliphatic rings. The maximum Gasteiger partial charge on any atom is 0.186 e. The Morgan fingerprint density at radius 2 is 2.12 bits per heavy atom. The zero-order valence-corrected chi connectivity index (χ0v) is 10.4. The summed E-state index contributed by atoms with van der Waals surface area (Å²) in [5.41, 5.74) is 6.77. The Morgan fingerprint density at radius 3 is 2.71 bits per heavy atom. The van der Waals surface area contributed by atoms with E-state index in [-0.39, 0.29) is 11.7 Å². The molecule has 3 nitrogen and oxygen atoms in total. The summed E-state index contributed by atoms with van der Waals surface area (Å²) in [7, 11) is 0. The fourth-order valence-corrected chi connectivity index (χ4v) is 2.65. The molecule has 17 heavy (non-hydrogen) atoms. The van der Waals surface area contributed by atoms with Gasteiger partial charge in [0, 0.05) is 12.1 Å². The maximum atomic E-state index is 12.3. The van der Waals surface area contributed by atoms with E-state index in [1.165, 1.54) is 19.3 Å². The van der Waals surface area contributed by atoms with Crippen molar-refractivity contribution < 1.29 is 4.79 Å². The number of hydrogen-bond acceptors (Lipinski definition) is 3. The monoisotopic (exact) mass is 232 g/mol. The van der Waals surface area contributed by atoms with Crippen LogP contribution in [0.4, 0.5) is 5.69 Å². The molecule has 2 rings (SSSR count). The number of pyridine rings is 1. The highest BCUT2D eigenvalue weighted by Crippen LogP contribution is 2.32. The summed E-state index contributed by atoms with van der Waals surface area (Å²) in [6.45, 7) is 2.23. The molecule has 0 aromatic carbocycles. The van der Waals surface area contributed by atoms with Crippen LogP contribution >= 0.6 is 0 Å². The number of Topliss-reactive ketones (excluding diaryl/α,β-unsaturated/α-hetero) is 1. The topological polar surface area (TPSA) is 56.0 Å². The van der Waals surface area contributed by atoms with Crippen LogP contribution in [0, 0.1) is 11.8 Å². The van der Waals surface area contributed by atoms with Crippen LogP contribution in [0.1, 0.15) is 49.5 Å². The third-order valence-corrected chi connectivity index (χ3v) is 3.87. The van der Waals surface area contributed by atoms with Crippen LogP contribution in [0.3, 0.4) is 0 Å². The highest BCUT2D eigenvalue weighted by atomic mass is 16.1. The van der Waals surface area contributed by atoms with Crippen molar-refractivity contribution in [3.63, 3.8) is 0 Å². The third-order valence-electron chi connectivity index (χ3n) is 3.87. The average molecular weight is 232 g/mol. The van der Waals surface area contributed by atoms with E-state index in [0.717, 1.165) is 18.8 Å². The lowest BCUT2D eigenvalue weighted by molar-refractivity contribution is 0.0867. The lowest BCUT2D eigenvalue weighted by atomic mass is 9.78. The van der Waals surface area contributed by atoms with Gasteiger partial charge in [0.15, 0.2) is 5.78 Å². The number of nitrogens with two attached hydrogens (primary N) is 1. The molecule has 1 saturated carbocycles. The van der Waals surface area contributed by atoms with Crippen molar-refractivity contribution in [2.75, 3.05) is 5.73 Å². The molecule has 0 saturated heterocycles. The summed E-state index contributed by atoms with van der Waals surface area (Å²) >= 11 is 0. The molecule has 92 valence electrons. The number of rotatable bonds is 3. The lowest BCUT2D eigenvalue weighted by Gasteiger charge is -2.26. The van der Waals surface area contributed by atoms with Crippen LogP contribution in [0.2, 0.25) is 0 Å². The Labute approximate surface area is 102 Å². The Balaban J connectivity index is 2.04. The third kappa shape index (κ3) is 2.65. The molecule has 1 aromatic rings. The Hall–Kier alpha value is -1.38. The first-order valence-electron chi connectivity index (χ1n) is 6.47. The fourth-order valence-electron chi connectivity index (χ4n) is 2.65. The van der Waals surface area contributed by atoms with Crippen molar-refractivity contribution >= 4 is 11.5 Å². The zero-order valence-electron chi connectivity index (χ0n) is 10.4. The van der Waals surface area contributed by atoms with Crippen molar-refractivity contribution in [2.45, 2.75) is 39.0 Å². The van der Waals surface area contributed by atoms with Gasteiger partial charge in [-0.15, -0.1) is 0 Å². The SMILES string of the molecule is CCC1CCC(C(=O)c2ncccc2N)CC1. The summed E-state index contributed by atoms with van der Waals surface area (Å²) in [5, 5.41) is 0. The van der Waals surface area contributed by atoms with E-state index in [4.69, 9.17) is 5.73 Å². The minimum absolute atomic E-state index is 0.134. The van der Waals surface area contributed by atoms with E-state index >= 15 is 0 Å². The summed E-state index contributed by atoms with van der Waals surface area (Å²) in [4.78, 5) is 16.4. The van der Waals surface area contributed by atoms with E-state index in [9.17, 15) is 4.79 Å². The van der Waals surface area contributed by atoms with Gasteiger partial charge in [-0.1, -0.05) is 13.3 Å². The number of aromatic nitrogens is 1. The van der Waals surface area contributed by atoms with Crippen molar-refractivity contribution in [3.8, 4) is 0 Å². The average Bonchev–Trinajstić information content (AvgIpc) is 2.39. The first kappa shape index (κ1) is 12.1. The molecule has 0 bridgehead atoms. The maximum absolute atomic E-state index is 12.3. The standard InChI is InChI=1S/C14H20N2O/c1-2-10-5-7-11(8-6-10)14(17)13-12(15)4-3-9-16-13/h3-4,9-11H,2,5-8,15H2,1H3. The van der Waals surface area contributed by atoms with Gasteiger partial charge in [0.25, 0.3) is 0 Å². The number of carbonyl (C=O) groups excluding carboxylic acids is 1. The second-order valence-electron chi connectivity index (χ2n) is 4.93. The molecule has 3 heteroatoms. The molecule has 2 N–H and O–H groups in total. The molecule has 0 atom stereocenters. The molecule has 0 unspecified atom stereocenters. The second kappa shape index (κ2) is 5.30. The summed E-state index contributed by atoms with van der Waals surface area (Å²) < 4.78 is 0. The van der Waals surface area contributed by atoms with Crippen molar-refractivity contribution in [2.24, 2.45) is 11.8 Å². The zero-order chi connectivity index (χ0) is 12.3. The smallest absolute Gasteiger partial charge is 0.186 e. The van der Waals surface area contributed by atoms with E-state index < -0.39 is 0 Å². The molecule has 0 radical (unpaired) electrons. The Bertz CT molecular complexity index is 395. The molecule has 0 amide bonds.